The summed E-state index contributed by atoms with van der Waals surface area (Å²) in [6, 6.07) is 14.0. The predicted molar refractivity (Wildman–Crippen MR) is 105 cm³/mol. The zero-order chi connectivity index (χ0) is 17.1. The Morgan fingerprint density at radius 1 is 1.12 bits per heavy atom. The second-order valence-corrected chi connectivity index (χ2v) is 7.66. The Balaban J connectivity index is 1.54. The van der Waals surface area contributed by atoms with Gasteiger partial charge in [-0.05, 0) is 52.8 Å². The summed E-state index contributed by atoms with van der Waals surface area (Å²) in [7, 11) is 0. The summed E-state index contributed by atoms with van der Waals surface area (Å²) in [4.78, 5) is 0. The molecule has 1 saturated heterocycles. The van der Waals surface area contributed by atoms with Crippen LogP contribution >= 0.6 is 23.4 Å². The number of hydrogen-bond acceptors (Lipinski definition) is 4. The number of nitrogens with one attached hydrogen (secondary N) is 1. The van der Waals surface area contributed by atoms with Gasteiger partial charge in [0.1, 0.15) is 12.7 Å². The minimum atomic E-state index is 0.218. The number of thioether (sulfide) groups is 1. The van der Waals surface area contributed by atoms with Gasteiger partial charge in [0.25, 0.3) is 0 Å². The predicted octanol–water partition coefficient (Wildman–Crippen LogP) is 4.75. The quantitative estimate of drug-likeness (QED) is 0.791. The van der Waals surface area contributed by atoms with Gasteiger partial charge in [0.2, 0.25) is 0 Å². The summed E-state index contributed by atoms with van der Waals surface area (Å²) in [5.74, 6) is 2.76. The molecule has 0 spiro atoms. The van der Waals surface area contributed by atoms with E-state index in [4.69, 9.17) is 21.1 Å². The molecule has 1 fully saturated rings. The van der Waals surface area contributed by atoms with Crippen LogP contribution in [0.15, 0.2) is 47.9 Å². The van der Waals surface area contributed by atoms with E-state index in [1.54, 1.807) is 0 Å². The fourth-order valence-electron chi connectivity index (χ4n) is 2.83. The van der Waals surface area contributed by atoms with Gasteiger partial charge in [-0.15, -0.1) is 11.8 Å². The molecule has 0 radical (unpaired) electrons. The minimum absolute atomic E-state index is 0.218. The third kappa shape index (κ3) is 4.14. The molecule has 2 heterocycles. The molecule has 1 N–H and O–H groups in total. The van der Waals surface area contributed by atoms with E-state index in [1.807, 2.05) is 42.1 Å². The molecule has 0 unspecified atom stereocenters. The lowest BCUT2D eigenvalue weighted by Crippen LogP contribution is -2.50. The molecule has 5 heteroatoms. The summed E-state index contributed by atoms with van der Waals surface area (Å²) in [6.07, 6.45) is 1.33. The third-order valence-corrected chi connectivity index (χ3v) is 5.48. The van der Waals surface area contributed by atoms with Crippen LogP contribution in [0.4, 0.5) is 0 Å². The van der Waals surface area contributed by atoms with Gasteiger partial charge in [0, 0.05) is 23.9 Å². The fourth-order valence-corrected chi connectivity index (χ4v) is 3.96. The Morgan fingerprint density at radius 2 is 2.04 bits per heavy atom. The molecule has 2 aromatic carbocycles. The number of halogens is 1. The van der Waals surface area contributed by atoms with Crippen LogP contribution in [0.3, 0.4) is 0 Å². The fraction of sp³-hybridized carbons (Fsp3) is 0.300. The standard InChI is InChI=1S/C20H20ClNO2S/c21-17-3-1-2-14(8-17)12-23-19-5-4-15(16-6-7-25-13-16)9-20(19)24-18-10-22-11-18/h1-5,8-9,13,18,22H,6-7,10-12H2. The molecule has 25 heavy (non-hydrogen) atoms. The van der Waals surface area contributed by atoms with Gasteiger partial charge >= 0.3 is 0 Å². The van der Waals surface area contributed by atoms with Crippen LogP contribution in [0.25, 0.3) is 5.57 Å². The van der Waals surface area contributed by atoms with Gasteiger partial charge in [-0.3, -0.25) is 0 Å². The number of benzene rings is 2. The Kier molecular flexibility index (Phi) is 5.20. The van der Waals surface area contributed by atoms with Gasteiger partial charge in [-0.25, -0.2) is 0 Å². The summed E-state index contributed by atoms with van der Waals surface area (Å²) in [6.45, 7) is 2.24. The maximum atomic E-state index is 6.15. The van der Waals surface area contributed by atoms with E-state index in [0.717, 1.165) is 47.3 Å². The van der Waals surface area contributed by atoms with Crippen molar-refractivity contribution >= 4 is 28.9 Å². The van der Waals surface area contributed by atoms with E-state index in [0.29, 0.717) is 6.61 Å². The zero-order valence-electron chi connectivity index (χ0n) is 13.8. The Bertz CT molecular complexity index is 789. The van der Waals surface area contributed by atoms with Crippen LogP contribution in [0.2, 0.25) is 5.02 Å². The molecule has 2 aliphatic heterocycles. The van der Waals surface area contributed by atoms with Gasteiger partial charge in [0.05, 0.1) is 0 Å². The first-order chi connectivity index (χ1) is 12.3. The Hall–Kier alpha value is -1.62. The van der Waals surface area contributed by atoms with Crippen molar-refractivity contribution in [3.05, 3.63) is 64.0 Å². The molecule has 2 aromatic rings. The molecule has 0 bridgehead atoms. The average molecular weight is 374 g/mol. The molecule has 130 valence electrons. The lowest BCUT2D eigenvalue weighted by Gasteiger charge is -2.29. The molecule has 0 atom stereocenters. The van der Waals surface area contributed by atoms with Crippen LogP contribution in [-0.4, -0.2) is 24.9 Å². The van der Waals surface area contributed by atoms with Crippen molar-refractivity contribution in [1.29, 1.82) is 0 Å². The van der Waals surface area contributed by atoms with Crippen molar-refractivity contribution in [3.8, 4) is 11.5 Å². The highest BCUT2D eigenvalue weighted by Crippen LogP contribution is 2.36. The molecular formula is C20H20ClNO2S. The molecule has 0 aliphatic carbocycles. The Labute approximate surface area is 157 Å². The Morgan fingerprint density at radius 3 is 2.76 bits per heavy atom. The summed E-state index contributed by atoms with van der Waals surface area (Å²) < 4.78 is 12.2. The van der Waals surface area contributed by atoms with Crippen LogP contribution in [0.5, 0.6) is 11.5 Å². The monoisotopic (exact) mass is 373 g/mol. The zero-order valence-corrected chi connectivity index (χ0v) is 15.4. The highest BCUT2D eigenvalue weighted by Gasteiger charge is 2.21. The molecule has 0 saturated carbocycles. The minimum Gasteiger partial charge on any atom is -0.485 e. The second-order valence-electron chi connectivity index (χ2n) is 6.24. The van der Waals surface area contributed by atoms with E-state index in [1.165, 1.54) is 11.1 Å². The van der Waals surface area contributed by atoms with Crippen molar-refractivity contribution < 1.29 is 9.47 Å². The summed E-state index contributed by atoms with van der Waals surface area (Å²) in [5.41, 5.74) is 3.65. The smallest absolute Gasteiger partial charge is 0.162 e. The second kappa shape index (κ2) is 7.73. The third-order valence-electron chi connectivity index (χ3n) is 4.35. The number of ether oxygens (including phenoxy) is 2. The maximum absolute atomic E-state index is 6.15. The van der Waals surface area contributed by atoms with Crippen LogP contribution in [0.1, 0.15) is 17.5 Å². The van der Waals surface area contributed by atoms with E-state index in [-0.39, 0.29) is 6.10 Å². The lowest BCUT2D eigenvalue weighted by molar-refractivity contribution is 0.134. The van der Waals surface area contributed by atoms with Gasteiger partial charge in [-0.1, -0.05) is 29.8 Å². The van der Waals surface area contributed by atoms with Crippen molar-refractivity contribution in [2.75, 3.05) is 18.8 Å². The SMILES string of the molecule is Clc1cccc(COc2ccc(C3=CSCC3)cc2OC2CNC2)c1. The van der Waals surface area contributed by atoms with E-state index in [9.17, 15) is 0 Å². The molecule has 4 rings (SSSR count). The van der Waals surface area contributed by atoms with Crippen molar-refractivity contribution in [3.63, 3.8) is 0 Å². The molecule has 0 aromatic heterocycles. The summed E-state index contributed by atoms with van der Waals surface area (Å²) >= 11 is 7.92. The molecular weight excluding hydrogens is 354 g/mol. The van der Waals surface area contributed by atoms with Crippen LogP contribution in [-0.2, 0) is 6.61 Å². The molecule has 3 nitrogen and oxygen atoms in total. The van der Waals surface area contributed by atoms with Crippen molar-refractivity contribution in [2.24, 2.45) is 0 Å². The first-order valence-electron chi connectivity index (χ1n) is 8.47. The molecule has 0 amide bonds. The van der Waals surface area contributed by atoms with Gasteiger partial charge in [-0.2, -0.15) is 0 Å². The first-order valence-corrected chi connectivity index (χ1v) is 9.90. The highest BCUT2D eigenvalue weighted by molar-refractivity contribution is 8.02. The normalized spacial score (nSPS) is 17.1. The number of rotatable bonds is 6. The van der Waals surface area contributed by atoms with Gasteiger partial charge in [0.15, 0.2) is 11.5 Å². The summed E-state index contributed by atoms with van der Waals surface area (Å²) in [5, 5.41) is 6.21. The van der Waals surface area contributed by atoms with Crippen LogP contribution in [0, 0.1) is 0 Å². The average Bonchev–Trinajstić information content (AvgIpc) is 3.11. The van der Waals surface area contributed by atoms with Gasteiger partial charge < -0.3 is 14.8 Å². The first kappa shape index (κ1) is 16.8. The topological polar surface area (TPSA) is 30.5 Å². The maximum Gasteiger partial charge on any atom is 0.162 e. The highest BCUT2D eigenvalue weighted by atomic mass is 35.5. The number of allylic oxidation sites excluding steroid dienone is 1. The lowest BCUT2D eigenvalue weighted by atomic mass is 10.0. The number of hydrogen-bond donors (Lipinski definition) is 1. The van der Waals surface area contributed by atoms with E-state index >= 15 is 0 Å². The largest absolute Gasteiger partial charge is 0.485 e. The van der Waals surface area contributed by atoms with Crippen molar-refractivity contribution in [2.45, 2.75) is 19.1 Å². The van der Waals surface area contributed by atoms with Crippen molar-refractivity contribution in [1.82, 2.24) is 5.32 Å². The molecule has 2 aliphatic rings. The van der Waals surface area contributed by atoms with E-state index < -0.39 is 0 Å². The van der Waals surface area contributed by atoms with E-state index in [2.05, 4.69) is 22.9 Å². The van der Waals surface area contributed by atoms with Crippen LogP contribution < -0.4 is 14.8 Å².